The van der Waals surface area contributed by atoms with Crippen LogP contribution in [-0.2, 0) is 9.59 Å². The van der Waals surface area contributed by atoms with Crippen molar-refractivity contribution in [2.45, 2.75) is 13.3 Å². The van der Waals surface area contributed by atoms with Gasteiger partial charge in [0, 0.05) is 19.0 Å². The molecule has 3 nitrogen and oxygen atoms in total. The van der Waals surface area contributed by atoms with Crippen molar-refractivity contribution in [3.63, 3.8) is 0 Å². The lowest BCUT2D eigenvalue weighted by Gasteiger charge is -2.08. The SMILES string of the molecule is CC(=O)N1CCC(=Cc2ccc(Cl)c(Cl)c2)C1=O. The predicted octanol–water partition coefficient (Wildman–Crippen LogP) is 3.16. The predicted molar refractivity (Wildman–Crippen MR) is 71.5 cm³/mol. The Morgan fingerprint density at radius 2 is 2.06 bits per heavy atom. The third-order valence-corrected chi connectivity index (χ3v) is 3.53. The van der Waals surface area contributed by atoms with Gasteiger partial charge < -0.3 is 0 Å². The first-order chi connectivity index (χ1) is 8.49. The molecule has 5 heteroatoms. The Hall–Kier alpha value is -1.32. The van der Waals surface area contributed by atoms with Crippen LogP contribution in [0.4, 0.5) is 0 Å². The van der Waals surface area contributed by atoms with Crippen LogP contribution < -0.4 is 0 Å². The summed E-state index contributed by atoms with van der Waals surface area (Å²) < 4.78 is 0. The summed E-state index contributed by atoms with van der Waals surface area (Å²) in [5.74, 6) is -0.453. The monoisotopic (exact) mass is 283 g/mol. The van der Waals surface area contributed by atoms with Crippen molar-refractivity contribution in [3.8, 4) is 0 Å². The summed E-state index contributed by atoms with van der Waals surface area (Å²) in [5.41, 5.74) is 1.42. The number of carbonyl (C=O) groups is 2. The van der Waals surface area contributed by atoms with Crippen LogP contribution >= 0.6 is 23.2 Å². The first kappa shape index (κ1) is 13.1. The molecule has 0 atom stereocenters. The molecular formula is C13H11Cl2NO2. The summed E-state index contributed by atoms with van der Waals surface area (Å²) in [6, 6.07) is 5.16. The standard InChI is InChI=1S/C13H11Cl2NO2/c1-8(17)16-5-4-10(13(16)18)6-9-2-3-11(14)12(15)7-9/h2-3,6-7H,4-5H2,1H3. The highest BCUT2D eigenvalue weighted by molar-refractivity contribution is 6.42. The Balaban J connectivity index is 2.27. The van der Waals surface area contributed by atoms with E-state index in [4.69, 9.17) is 23.2 Å². The van der Waals surface area contributed by atoms with Crippen molar-refractivity contribution in [2.24, 2.45) is 0 Å². The highest BCUT2D eigenvalue weighted by Crippen LogP contribution is 2.25. The molecule has 1 aromatic carbocycles. The van der Waals surface area contributed by atoms with Crippen molar-refractivity contribution in [3.05, 3.63) is 39.4 Å². The lowest BCUT2D eigenvalue weighted by Crippen LogP contribution is -2.29. The molecule has 0 bridgehead atoms. The molecule has 1 aromatic rings. The first-order valence-corrected chi connectivity index (χ1v) is 6.22. The second-order valence-corrected chi connectivity index (χ2v) is 4.88. The molecule has 0 aliphatic carbocycles. The summed E-state index contributed by atoms with van der Waals surface area (Å²) >= 11 is 11.7. The van der Waals surface area contributed by atoms with E-state index in [0.29, 0.717) is 28.6 Å². The molecule has 0 aromatic heterocycles. The maximum absolute atomic E-state index is 11.9. The fraction of sp³-hybridized carbons (Fsp3) is 0.231. The maximum atomic E-state index is 11.9. The molecule has 1 saturated heterocycles. The van der Waals surface area contributed by atoms with Gasteiger partial charge in [-0.3, -0.25) is 14.5 Å². The Morgan fingerprint density at radius 1 is 1.33 bits per heavy atom. The van der Waals surface area contributed by atoms with E-state index in [9.17, 15) is 9.59 Å². The number of amides is 2. The first-order valence-electron chi connectivity index (χ1n) is 5.47. The maximum Gasteiger partial charge on any atom is 0.256 e. The largest absolute Gasteiger partial charge is 0.279 e. The molecule has 1 aliphatic rings. The van der Waals surface area contributed by atoms with Crippen LogP contribution in [0.5, 0.6) is 0 Å². The van der Waals surface area contributed by atoms with Crippen LogP contribution in [0.15, 0.2) is 23.8 Å². The summed E-state index contributed by atoms with van der Waals surface area (Å²) in [6.07, 6.45) is 2.31. The minimum absolute atomic E-state index is 0.225. The van der Waals surface area contributed by atoms with Crippen molar-refractivity contribution < 1.29 is 9.59 Å². The molecule has 0 radical (unpaired) electrons. The molecule has 2 rings (SSSR count). The number of hydrogen-bond donors (Lipinski definition) is 0. The van der Waals surface area contributed by atoms with Gasteiger partial charge in [-0.15, -0.1) is 0 Å². The van der Waals surface area contributed by atoms with Gasteiger partial charge in [-0.2, -0.15) is 0 Å². The van der Waals surface area contributed by atoms with E-state index in [2.05, 4.69) is 0 Å². The van der Waals surface area contributed by atoms with Gasteiger partial charge in [0.15, 0.2) is 0 Å². The molecule has 0 spiro atoms. The fourth-order valence-electron chi connectivity index (χ4n) is 1.85. The molecule has 18 heavy (non-hydrogen) atoms. The Bertz CT molecular complexity index is 552. The summed E-state index contributed by atoms with van der Waals surface area (Å²) in [4.78, 5) is 24.3. The Labute approximate surface area is 115 Å². The Kier molecular flexibility index (Phi) is 3.73. The number of carbonyl (C=O) groups excluding carboxylic acids is 2. The van der Waals surface area contributed by atoms with Gasteiger partial charge in [0.25, 0.3) is 5.91 Å². The van der Waals surface area contributed by atoms with Crippen molar-refractivity contribution in [2.75, 3.05) is 6.54 Å². The molecule has 0 N–H and O–H groups in total. The van der Waals surface area contributed by atoms with Crippen LogP contribution in [0.3, 0.4) is 0 Å². The van der Waals surface area contributed by atoms with Gasteiger partial charge in [-0.25, -0.2) is 0 Å². The van der Waals surface area contributed by atoms with Crippen LogP contribution in [0, 0.1) is 0 Å². The average Bonchev–Trinajstić information content (AvgIpc) is 2.66. The average molecular weight is 284 g/mol. The van der Waals surface area contributed by atoms with Gasteiger partial charge >= 0.3 is 0 Å². The normalized spacial score (nSPS) is 17.6. The second kappa shape index (κ2) is 5.12. The number of halogens is 2. The van der Waals surface area contributed by atoms with Gasteiger partial charge in [0.05, 0.1) is 10.0 Å². The van der Waals surface area contributed by atoms with Gasteiger partial charge in [-0.1, -0.05) is 29.3 Å². The van der Waals surface area contributed by atoms with Crippen LogP contribution in [0.2, 0.25) is 10.0 Å². The quantitative estimate of drug-likeness (QED) is 0.743. The fourth-order valence-corrected chi connectivity index (χ4v) is 2.16. The zero-order valence-electron chi connectivity index (χ0n) is 9.74. The van der Waals surface area contributed by atoms with Crippen molar-refractivity contribution in [1.29, 1.82) is 0 Å². The number of benzene rings is 1. The molecular weight excluding hydrogens is 273 g/mol. The number of hydrogen-bond acceptors (Lipinski definition) is 2. The lowest BCUT2D eigenvalue weighted by molar-refractivity contribution is -0.138. The molecule has 2 amide bonds. The second-order valence-electron chi connectivity index (χ2n) is 4.07. The highest BCUT2D eigenvalue weighted by atomic mass is 35.5. The minimum atomic E-state index is -0.228. The molecule has 1 fully saturated rings. The van der Waals surface area contributed by atoms with Gasteiger partial charge in [0.1, 0.15) is 0 Å². The van der Waals surface area contributed by atoms with Crippen LogP contribution in [0.1, 0.15) is 18.9 Å². The molecule has 94 valence electrons. The smallest absolute Gasteiger partial charge is 0.256 e. The summed E-state index contributed by atoms with van der Waals surface area (Å²) in [7, 11) is 0. The highest BCUT2D eigenvalue weighted by Gasteiger charge is 2.28. The molecule has 0 saturated carbocycles. The molecule has 0 unspecified atom stereocenters. The third-order valence-electron chi connectivity index (χ3n) is 2.79. The van der Waals surface area contributed by atoms with E-state index in [0.717, 1.165) is 5.56 Å². The number of nitrogens with zero attached hydrogens (tertiary/aromatic N) is 1. The molecule has 1 aliphatic heterocycles. The van der Waals surface area contributed by atoms with E-state index in [1.165, 1.54) is 11.8 Å². The van der Waals surface area contributed by atoms with Crippen LogP contribution in [0.25, 0.3) is 6.08 Å². The summed E-state index contributed by atoms with van der Waals surface area (Å²) in [6.45, 7) is 1.83. The molecule has 1 heterocycles. The zero-order valence-corrected chi connectivity index (χ0v) is 11.3. The van der Waals surface area contributed by atoms with E-state index in [-0.39, 0.29) is 11.8 Å². The zero-order chi connectivity index (χ0) is 13.3. The minimum Gasteiger partial charge on any atom is -0.279 e. The summed E-state index contributed by atoms with van der Waals surface area (Å²) in [5, 5.41) is 0.918. The Morgan fingerprint density at radius 3 is 2.61 bits per heavy atom. The van der Waals surface area contributed by atoms with Crippen LogP contribution in [-0.4, -0.2) is 23.3 Å². The van der Waals surface area contributed by atoms with E-state index in [1.807, 2.05) is 0 Å². The lowest BCUT2D eigenvalue weighted by atomic mass is 10.1. The topological polar surface area (TPSA) is 37.4 Å². The number of rotatable bonds is 1. The van der Waals surface area contributed by atoms with Gasteiger partial charge in [-0.05, 0) is 30.2 Å². The third kappa shape index (κ3) is 2.57. The van der Waals surface area contributed by atoms with E-state index < -0.39 is 0 Å². The van der Waals surface area contributed by atoms with E-state index >= 15 is 0 Å². The van der Waals surface area contributed by atoms with E-state index in [1.54, 1.807) is 24.3 Å². The van der Waals surface area contributed by atoms with Gasteiger partial charge in [0.2, 0.25) is 5.91 Å². The van der Waals surface area contributed by atoms with Crippen molar-refractivity contribution >= 4 is 41.1 Å². The number of imide groups is 1. The van der Waals surface area contributed by atoms with Crippen molar-refractivity contribution in [1.82, 2.24) is 4.90 Å². The number of likely N-dealkylation sites (tertiary alicyclic amines) is 1.